The maximum Gasteiger partial charge on any atom is 0.303 e. The van der Waals surface area contributed by atoms with Crippen molar-refractivity contribution < 1.29 is 19.1 Å². The number of hydrogen-bond acceptors (Lipinski definition) is 2. The van der Waals surface area contributed by atoms with Crippen molar-refractivity contribution in [2.45, 2.75) is 26.3 Å². The zero-order chi connectivity index (χ0) is 13.5. The fraction of sp³-hybridized carbons (Fsp3) is 0.385. The van der Waals surface area contributed by atoms with E-state index in [9.17, 15) is 14.0 Å². The van der Waals surface area contributed by atoms with Crippen molar-refractivity contribution in [1.82, 2.24) is 4.90 Å². The number of aliphatic carboxylic acids is 1. The maximum absolute atomic E-state index is 12.7. The summed E-state index contributed by atoms with van der Waals surface area (Å²) in [6.45, 7) is 2.69. The number of halogens is 1. The first-order valence-corrected chi connectivity index (χ1v) is 5.77. The molecule has 0 saturated heterocycles. The van der Waals surface area contributed by atoms with Crippen LogP contribution in [0, 0.1) is 5.82 Å². The average molecular weight is 253 g/mol. The molecule has 0 fully saturated rings. The van der Waals surface area contributed by atoms with Crippen LogP contribution in [0.4, 0.5) is 4.39 Å². The van der Waals surface area contributed by atoms with Gasteiger partial charge < -0.3 is 10.0 Å². The van der Waals surface area contributed by atoms with Gasteiger partial charge in [0.25, 0.3) is 0 Å². The minimum Gasteiger partial charge on any atom is -0.481 e. The maximum atomic E-state index is 12.7. The molecule has 0 heterocycles. The molecule has 1 aromatic rings. The average Bonchev–Trinajstić information content (AvgIpc) is 2.35. The van der Waals surface area contributed by atoms with Crippen LogP contribution in [0.25, 0.3) is 0 Å². The van der Waals surface area contributed by atoms with Crippen molar-refractivity contribution in [2.24, 2.45) is 0 Å². The second kappa shape index (κ2) is 6.74. The number of amides is 1. The van der Waals surface area contributed by atoms with Gasteiger partial charge in [0, 0.05) is 19.5 Å². The lowest BCUT2D eigenvalue weighted by atomic mass is 10.2. The van der Waals surface area contributed by atoms with Gasteiger partial charge in [0.1, 0.15) is 5.82 Å². The molecule has 0 radical (unpaired) electrons. The third kappa shape index (κ3) is 4.53. The predicted molar refractivity (Wildman–Crippen MR) is 64.4 cm³/mol. The minimum atomic E-state index is -0.985. The number of hydrogen-bond donors (Lipinski definition) is 1. The van der Waals surface area contributed by atoms with Crippen molar-refractivity contribution in [3.05, 3.63) is 35.6 Å². The van der Waals surface area contributed by atoms with Crippen LogP contribution in [0.15, 0.2) is 24.3 Å². The van der Waals surface area contributed by atoms with Gasteiger partial charge in [-0.2, -0.15) is 0 Å². The van der Waals surface area contributed by atoms with Crippen LogP contribution in [-0.4, -0.2) is 28.4 Å². The van der Waals surface area contributed by atoms with E-state index in [0.29, 0.717) is 13.1 Å². The number of nitrogens with zero attached hydrogens (tertiary/aromatic N) is 1. The van der Waals surface area contributed by atoms with Gasteiger partial charge in [-0.1, -0.05) is 12.1 Å². The van der Waals surface area contributed by atoms with E-state index >= 15 is 0 Å². The van der Waals surface area contributed by atoms with E-state index in [4.69, 9.17) is 5.11 Å². The number of carboxylic acid groups (broad SMARTS) is 1. The highest BCUT2D eigenvalue weighted by molar-refractivity contribution is 5.80. The molecule has 0 aromatic heterocycles. The smallest absolute Gasteiger partial charge is 0.303 e. The van der Waals surface area contributed by atoms with Gasteiger partial charge in [0.05, 0.1) is 6.42 Å². The highest BCUT2D eigenvalue weighted by Crippen LogP contribution is 2.08. The van der Waals surface area contributed by atoms with E-state index in [1.165, 1.54) is 12.1 Å². The normalized spacial score (nSPS) is 10.1. The molecule has 1 aromatic carbocycles. The highest BCUT2D eigenvalue weighted by Gasteiger charge is 2.13. The number of carboxylic acids is 1. The summed E-state index contributed by atoms with van der Waals surface area (Å²) in [6, 6.07) is 5.90. The number of carbonyl (C=O) groups excluding carboxylic acids is 1. The largest absolute Gasteiger partial charge is 0.481 e. The van der Waals surface area contributed by atoms with Gasteiger partial charge in [-0.3, -0.25) is 9.59 Å². The molecule has 0 unspecified atom stereocenters. The number of benzene rings is 1. The summed E-state index contributed by atoms with van der Waals surface area (Å²) in [5.41, 5.74) is 0.821. The monoisotopic (exact) mass is 253 g/mol. The predicted octanol–water partition coefficient (Wildman–Crippen LogP) is 2.04. The van der Waals surface area contributed by atoms with Crippen molar-refractivity contribution >= 4 is 11.9 Å². The molecule has 0 aliphatic heterocycles. The van der Waals surface area contributed by atoms with E-state index in [-0.39, 0.29) is 24.6 Å². The molecule has 0 atom stereocenters. The molecule has 0 bridgehead atoms. The van der Waals surface area contributed by atoms with Crippen molar-refractivity contribution in [3.8, 4) is 0 Å². The second-order valence-corrected chi connectivity index (χ2v) is 3.93. The van der Waals surface area contributed by atoms with Gasteiger partial charge in [-0.05, 0) is 24.6 Å². The van der Waals surface area contributed by atoms with Gasteiger partial charge >= 0.3 is 5.97 Å². The Morgan fingerprint density at radius 3 is 2.33 bits per heavy atom. The molecule has 0 aliphatic rings. The first-order chi connectivity index (χ1) is 8.52. The Bertz CT molecular complexity index is 417. The molecule has 1 N–H and O–H groups in total. The van der Waals surface area contributed by atoms with Crippen LogP contribution in [0.2, 0.25) is 0 Å². The van der Waals surface area contributed by atoms with Crippen LogP contribution in [-0.2, 0) is 16.1 Å². The SMILES string of the molecule is CCN(Cc1ccc(F)cc1)C(=O)CCC(=O)O. The van der Waals surface area contributed by atoms with E-state index < -0.39 is 5.97 Å². The molecule has 1 rings (SSSR count). The summed E-state index contributed by atoms with van der Waals surface area (Å²) in [7, 11) is 0. The van der Waals surface area contributed by atoms with Gasteiger partial charge in [-0.25, -0.2) is 4.39 Å². The summed E-state index contributed by atoms with van der Waals surface area (Å²) in [5, 5.41) is 8.52. The standard InChI is InChI=1S/C13H16FNO3/c1-2-15(12(16)7-8-13(17)18)9-10-3-5-11(14)6-4-10/h3-6H,2,7-9H2,1H3,(H,17,18). The summed E-state index contributed by atoms with van der Waals surface area (Å²) in [4.78, 5) is 23.7. The summed E-state index contributed by atoms with van der Waals surface area (Å²) in [6.07, 6.45) is -0.177. The Balaban J connectivity index is 2.58. The molecule has 0 spiro atoms. The lowest BCUT2D eigenvalue weighted by Gasteiger charge is -2.20. The zero-order valence-corrected chi connectivity index (χ0v) is 10.2. The Labute approximate surface area is 105 Å². The second-order valence-electron chi connectivity index (χ2n) is 3.93. The first kappa shape index (κ1) is 14.2. The lowest BCUT2D eigenvalue weighted by Crippen LogP contribution is -2.30. The van der Waals surface area contributed by atoms with Crippen molar-refractivity contribution in [1.29, 1.82) is 0 Å². The molecule has 5 heteroatoms. The van der Waals surface area contributed by atoms with Gasteiger partial charge in [0.2, 0.25) is 5.91 Å². The third-order valence-electron chi connectivity index (χ3n) is 2.57. The molecule has 4 nitrogen and oxygen atoms in total. The van der Waals surface area contributed by atoms with Crippen LogP contribution >= 0.6 is 0 Å². The zero-order valence-electron chi connectivity index (χ0n) is 10.2. The quantitative estimate of drug-likeness (QED) is 0.844. The van der Waals surface area contributed by atoms with E-state index in [2.05, 4.69) is 0 Å². The summed E-state index contributed by atoms with van der Waals surface area (Å²) >= 11 is 0. The van der Waals surface area contributed by atoms with E-state index in [1.807, 2.05) is 6.92 Å². The molecule has 0 aliphatic carbocycles. The van der Waals surface area contributed by atoms with E-state index in [1.54, 1.807) is 17.0 Å². The lowest BCUT2D eigenvalue weighted by molar-refractivity contribution is -0.141. The molecule has 1 amide bonds. The van der Waals surface area contributed by atoms with Crippen LogP contribution in [0.5, 0.6) is 0 Å². The Morgan fingerprint density at radius 1 is 1.22 bits per heavy atom. The number of carbonyl (C=O) groups is 2. The van der Waals surface area contributed by atoms with Crippen molar-refractivity contribution in [2.75, 3.05) is 6.54 Å². The molecule has 98 valence electrons. The van der Waals surface area contributed by atoms with Gasteiger partial charge in [-0.15, -0.1) is 0 Å². The fourth-order valence-corrected chi connectivity index (χ4v) is 1.56. The molecular weight excluding hydrogens is 237 g/mol. The Kier molecular flexibility index (Phi) is 5.30. The highest BCUT2D eigenvalue weighted by atomic mass is 19.1. The first-order valence-electron chi connectivity index (χ1n) is 5.77. The van der Waals surface area contributed by atoms with Crippen molar-refractivity contribution in [3.63, 3.8) is 0 Å². The number of rotatable bonds is 6. The summed E-state index contributed by atoms with van der Waals surface area (Å²) < 4.78 is 12.7. The minimum absolute atomic E-state index is 0.00956. The van der Waals surface area contributed by atoms with Crippen LogP contribution < -0.4 is 0 Å². The molecular formula is C13H16FNO3. The van der Waals surface area contributed by atoms with E-state index in [0.717, 1.165) is 5.56 Å². The summed E-state index contributed by atoms with van der Waals surface area (Å²) in [5.74, 6) is -1.51. The van der Waals surface area contributed by atoms with Crippen LogP contribution in [0.1, 0.15) is 25.3 Å². The Morgan fingerprint density at radius 2 is 1.83 bits per heavy atom. The Hall–Kier alpha value is -1.91. The van der Waals surface area contributed by atoms with Crippen LogP contribution in [0.3, 0.4) is 0 Å². The third-order valence-corrected chi connectivity index (χ3v) is 2.57. The molecule has 18 heavy (non-hydrogen) atoms. The van der Waals surface area contributed by atoms with Gasteiger partial charge in [0.15, 0.2) is 0 Å². The fourth-order valence-electron chi connectivity index (χ4n) is 1.56. The topological polar surface area (TPSA) is 57.6 Å². The molecule has 0 saturated carbocycles.